The summed E-state index contributed by atoms with van der Waals surface area (Å²) in [7, 11) is 0. The Labute approximate surface area is 248 Å². The van der Waals surface area contributed by atoms with E-state index in [1.807, 2.05) is 18.2 Å². The van der Waals surface area contributed by atoms with Crippen LogP contribution in [0.2, 0.25) is 0 Å². The summed E-state index contributed by atoms with van der Waals surface area (Å²) < 4.78 is 0. The summed E-state index contributed by atoms with van der Waals surface area (Å²) in [6.45, 7) is 5.97. The van der Waals surface area contributed by atoms with Gasteiger partial charge in [0, 0.05) is 61.2 Å². The third kappa shape index (κ3) is 5.26. The zero-order chi connectivity index (χ0) is 28.7. The fraction of sp³-hybridized carbons (Fsp3) is 0.667. The molecule has 0 N–H and O–H groups in total. The molecule has 7 atom stereocenters. The van der Waals surface area contributed by atoms with E-state index in [0.717, 1.165) is 50.6 Å². The Morgan fingerprint density at radius 1 is 0.975 bits per heavy atom. The minimum atomic E-state index is -1.20. The third-order valence-corrected chi connectivity index (χ3v) is 11.7. The monoisotopic (exact) mass is 586 g/mol. The number of benzene rings is 1. The van der Waals surface area contributed by atoms with E-state index in [9.17, 15) is 19.5 Å². The summed E-state index contributed by atoms with van der Waals surface area (Å²) in [5, 5.41) is 12.3. The van der Waals surface area contributed by atoms with Crippen LogP contribution in [0.3, 0.4) is 0 Å². The number of ketones is 2. The fourth-order valence-electron chi connectivity index (χ4n) is 9.26. The number of fused-ring (bicyclic) bond motifs is 5. The number of Topliss-reactive ketones (excluding diaryl/α,β-unsaturated/α-hetero) is 1. The number of carbonyl (C=O) groups excluding carboxylic acids is 3. The first kappa shape index (κ1) is 29.6. The molecule has 3 saturated carbocycles. The highest BCUT2D eigenvalue weighted by Gasteiger charge is 2.60. The van der Waals surface area contributed by atoms with Crippen LogP contribution in [0.4, 0.5) is 5.69 Å². The molecule has 0 aromatic heterocycles. The Balaban J connectivity index is 1.30. The number of carbonyl (C=O) groups is 3. The van der Waals surface area contributed by atoms with Gasteiger partial charge in [0.15, 0.2) is 5.78 Å². The molecule has 0 aliphatic heterocycles. The van der Waals surface area contributed by atoms with Gasteiger partial charge < -0.3 is 14.8 Å². The van der Waals surface area contributed by atoms with Crippen LogP contribution in [-0.4, -0.2) is 42.4 Å². The SMILES string of the molecule is C[C@]12CC[C@H]3[C@@H](CCC4=CC(=O)CC[C@@]43C)[C@@H]1CC[C@@H]2C(=O)CC(C(=O)[O-])c1ccc(N(CCCl)CCCl)cc1. The van der Waals surface area contributed by atoms with Crippen LogP contribution in [0.25, 0.3) is 0 Å². The van der Waals surface area contributed by atoms with Crippen molar-refractivity contribution in [3.05, 3.63) is 41.5 Å². The summed E-state index contributed by atoms with van der Waals surface area (Å²) in [5.41, 5.74) is 2.90. The molecule has 0 spiro atoms. The summed E-state index contributed by atoms with van der Waals surface area (Å²) in [6.07, 6.45) is 9.54. The van der Waals surface area contributed by atoms with Crippen LogP contribution in [0, 0.1) is 34.5 Å². The average molecular weight is 588 g/mol. The number of halogens is 2. The number of carboxylic acid groups (broad SMARTS) is 1. The summed E-state index contributed by atoms with van der Waals surface area (Å²) in [6, 6.07) is 7.36. The number of hydrogen-bond donors (Lipinski definition) is 0. The molecule has 4 aliphatic carbocycles. The Hall–Kier alpha value is -1.85. The molecule has 0 heterocycles. The number of alkyl halides is 2. The average Bonchev–Trinajstić information content (AvgIpc) is 3.29. The molecular formula is C33H42Cl2NO4-. The normalized spacial score (nSPS) is 33.8. The lowest BCUT2D eigenvalue weighted by molar-refractivity contribution is -0.308. The Kier molecular flexibility index (Phi) is 8.74. The first-order valence-electron chi connectivity index (χ1n) is 15.1. The molecule has 40 heavy (non-hydrogen) atoms. The van der Waals surface area contributed by atoms with Gasteiger partial charge in [-0.05, 0) is 97.3 Å². The molecule has 5 nitrogen and oxygen atoms in total. The van der Waals surface area contributed by atoms with Gasteiger partial charge in [0.25, 0.3) is 0 Å². The molecule has 218 valence electrons. The van der Waals surface area contributed by atoms with Crippen molar-refractivity contribution >= 4 is 46.4 Å². The molecular weight excluding hydrogens is 545 g/mol. The molecule has 0 amide bonds. The summed E-state index contributed by atoms with van der Waals surface area (Å²) >= 11 is 11.9. The smallest absolute Gasteiger partial charge is 0.155 e. The number of aliphatic carboxylic acids is 1. The van der Waals surface area contributed by atoms with Crippen molar-refractivity contribution in [1.82, 2.24) is 0 Å². The van der Waals surface area contributed by atoms with Crippen molar-refractivity contribution in [2.24, 2.45) is 34.5 Å². The van der Waals surface area contributed by atoms with Crippen LogP contribution in [0.15, 0.2) is 35.9 Å². The van der Waals surface area contributed by atoms with Gasteiger partial charge in [0.2, 0.25) is 0 Å². The summed E-state index contributed by atoms with van der Waals surface area (Å²) in [5.74, 6) is 0.621. The van der Waals surface area contributed by atoms with Gasteiger partial charge in [-0.15, -0.1) is 23.2 Å². The predicted molar refractivity (Wildman–Crippen MR) is 158 cm³/mol. The lowest BCUT2D eigenvalue weighted by Crippen LogP contribution is -2.51. The fourth-order valence-corrected chi connectivity index (χ4v) is 9.67. The lowest BCUT2D eigenvalue weighted by Gasteiger charge is -2.58. The molecule has 5 rings (SSSR count). The molecule has 0 radical (unpaired) electrons. The summed E-state index contributed by atoms with van der Waals surface area (Å²) in [4.78, 5) is 40.3. The molecule has 4 aliphatic rings. The first-order chi connectivity index (χ1) is 19.1. The number of hydrogen-bond acceptors (Lipinski definition) is 5. The Morgan fingerprint density at radius 2 is 1.68 bits per heavy atom. The molecule has 1 unspecified atom stereocenters. The zero-order valence-corrected chi connectivity index (χ0v) is 25.3. The van der Waals surface area contributed by atoms with Crippen molar-refractivity contribution in [1.29, 1.82) is 0 Å². The van der Waals surface area contributed by atoms with E-state index >= 15 is 0 Å². The maximum Gasteiger partial charge on any atom is 0.155 e. The van der Waals surface area contributed by atoms with Crippen LogP contribution < -0.4 is 10.0 Å². The molecule has 1 aromatic rings. The highest BCUT2D eigenvalue weighted by Crippen LogP contribution is 2.66. The van der Waals surface area contributed by atoms with Crippen molar-refractivity contribution in [2.45, 2.75) is 77.6 Å². The maximum absolute atomic E-state index is 13.9. The van der Waals surface area contributed by atoms with Gasteiger partial charge >= 0.3 is 0 Å². The van der Waals surface area contributed by atoms with E-state index in [2.05, 4.69) is 18.7 Å². The first-order valence-corrected chi connectivity index (χ1v) is 16.1. The number of nitrogens with zero attached hydrogens (tertiary/aromatic N) is 1. The van der Waals surface area contributed by atoms with Crippen LogP contribution >= 0.6 is 23.2 Å². The van der Waals surface area contributed by atoms with E-state index in [4.69, 9.17) is 23.2 Å². The van der Waals surface area contributed by atoms with Gasteiger partial charge in [0.1, 0.15) is 5.78 Å². The molecule has 7 heteroatoms. The number of rotatable bonds is 10. The van der Waals surface area contributed by atoms with E-state index in [0.29, 0.717) is 54.6 Å². The number of carboxylic acids is 1. The highest BCUT2D eigenvalue weighted by atomic mass is 35.5. The van der Waals surface area contributed by atoms with Crippen LogP contribution in [0.5, 0.6) is 0 Å². The topological polar surface area (TPSA) is 77.5 Å². The molecule has 3 fully saturated rings. The van der Waals surface area contributed by atoms with Gasteiger partial charge in [-0.3, -0.25) is 9.59 Å². The van der Waals surface area contributed by atoms with Crippen molar-refractivity contribution < 1.29 is 19.5 Å². The Bertz CT molecular complexity index is 1160. The Morgan fingerprint density at radius 3 is 2.33 bits per heavy atom. The predicted octanol–water partition coefficient (Wildman–Crippen LogP) is 5.91. The van der Waals surface area contributed by atoms with Gasteiger partial charge in [-0.25, -0.2) is 0 Å². The largest absolute Gasteiger partial charge is 0.549 e. The zero-order valence-electron chi connectivity index (χ0n) is 23.8. The molecule has 0 bridgehead atoms. The van der Waals surface area contributed by atoms with Crippen molar-refractivity contribution in [3.8, 4) is 0 Å². The second kappa shape index (κ2) is 11.8. The van der Waals surface area contributed by atoms with E-state index in [-0.39, 0.29) is 34.7 Å². The van der Waals surface area contributed by atoms with E-state index < -0.39 is 11.9 Å². The number of allylic oxidation sites excluding steroid dienone is 1. The van der Waals surface area contributed by atoms with Gasteiger partial charge in [-0.1, -0.05) is 31.6 Å². The minimum absolute atomic E-state index is 0.0253. The maximum atomic E-state index is 13.9. The minimum Gasteiger partial charge on any atom is -0.549 e. The van der Waals surface area contributed by atoms with Crippen LogP contribution in [0.1, 0.15) is 83.1 Å². The quantitative estimate of drug-likeness (QED) is 0.318. The second-order valence-electron chi connectivity index (χ2n) is 13.1. The highest BCUT2D eigenvalue weighted by molar-refractivity contribution is 6.18. The number of anilines is 1. The lowest BCUT2D eigenvalue weighted by atomic mass is 9.46. The van der Waals surface area contributed by atoms with E-state index in [1.54, 1.807) is 12.1 Å². The van der Waals surface area contributed by atoms with E-state index in [1.165, 1.54) is 5.57 Å². The van der Waals surface area contributed by atoms with Gasteiger partial charge in [0.05, 0.1) is 0 Å². The van der Waals surface area contributed by atoms with Crippen molar-refractivity contribution in [2.75, 3.05) is 29.7 Å². The van der Waals surface area contributed by atoms with Crippen LogP contribution in [-0.2, 0) is 14.4 Å². The van der Waals surface area contributed by atoms with Crippen molar-refractivity contribution in [3.63, 3.8) is 0 Å². The standard InChI is InChI=1S/C33H43Cl2NO4/c1-32-13-11-24(37)19-22(32)5-8-25-27-9-10-29(33(27,2)14-12-28(25)32)30(38)20-26(31(39)40)21-3-6-23(7-4-21)36(17-15-34)18-16-35/h3-4,6-7,19,25-29H,5,8-18,20H2,1-2H3,(H,39,40)/p-1/t25-,26?,27-,28-,29+,32-,33-/m0/s1. The second-order valence-corrected chi connectivity index (χ2v) is 13.9. The molecule has 0 saturated heterocycles. The van der Waals surface area contributed by atoms with Gasteiger partial charge in [-0.2, -0.15) is 0 Å². The molecule has 1 aromatic carbocycles. The third-order valence-electron chi connectivity index (χ3n) is 11.4.